The third kappa shape index (κ3) is 4.29. The Morgan fingerprint density at radius 1 is 1.06 bits per heavy atom. The number of rotatable bonds is 5. The van der Waals surface area contributed by atoms with Gasteiger partial charge in [0.05, 0.1) is 30.6 Å². The van der Waals surface area contributed by atoms with Crippen LogP contribution in [-0.2, 0) is 0 Å². The van der Waals surface area contributed by atoms with Crippen LogP contribution in [0.25, 0.3) is 5.69 Å². The Kier molecular flexibility index (Phi) is 6.81. The molecule has 0 radical (unpaired) electrons. The highest BCUT2D eigenvalue weighted by Crippen LogP contribution is 2.44. The lowest BCUT2D eigenvalue weighted by Gasteiger charge is -2.28. The fourth-order valence-corrected chi connectivity index (χ4v) is 5.78. The Morgan fingerprint density at radius 2 is 1.86 bits per heavy atom. The highest BCUT2D eigenvalue weighted by molar-refractivity contribution is 9.10. The van der Waals surface area contributed by atoms with Crippen molar-refractivity contribution < 1.29 is 4.74 Å². The maximum Gasteiger partial charge on any atom is 0.174 e. The first kappa shape index (κ1) is 24.8. The minimum absolute atomic E-state index is 0.113. The second kappa shape index (κ2) is 9.88. The molecule has 0 saturated carbocycles. The van der Waals surface area contributed by atoms with Crippen molar-refractivity contribution in [3.63, 3.8) is 0 Å². The van der Waals surface area contributed by atoms with Gasteiger partial charge in [-0.15, -0.1) is 0 Å². The second-order valence-electron chi connectivity index (χ2n) is 8.91. The van der Waals surface area contributed by atoms with Gasteiger partial charge in [-0.3, -0.25) is 4.98 Å². The number of benzene rings is 2. The summed E-state index contributed by atoms with van der Waals surface area (Å²) in [7, 11) is 1.68. The summed E-state index contributed by atoms with van der Waals surface area (Å²) in [6, 6.07) is 20.0. The number of aryl methyl sites for hydroxylation is 2. The maximum atomic E-state index is 6.40. The van der Waals surface area contributed by atoms with E-state index in [1.165, 1.54) is 0 Å². The predicted octanol–water partition coefficient (Wildman–Crippen LogP) is 7.40. The van der Waals surface area contributed by atoms with Crippen molar-refractivity contribution >= 4 is 50.5 Å². The van der Waals surface area contributed by atoms with Gasteiger partial charge in [-0.2, -0.15) is 0 Å². The summed E-state index contributed by atoms with van der Waals surface area (Å²) in [4.78, 5) is 6.89. The molecule has 5 nitrogen and oxygen atoms in total. The molecule has 1 fully saturated rings. The van der Waals surface area contributed by atoms with E-state index >= 15 is 0 Å². The Hall–Kier alpha value is -2.87. The Balaban J connectivity index is 1.71. The van der Waals surface area contributed by atoms with Gasteiger partial charge in [0, 0.05) is 32.8 Å². The van der Waals surface area contributed by atoms with Crippen molar-refractivity contribution in [3.8, 4) is 11.4 Å². The van der Waals surface area contributed by atoms with Crippen LogP contribution in [0.3, 0.4) is 0 Å². The second-order valence-corrected chi connectivity index (χ2v) is 10.6. The van der Waals surface area contributed by atoms with Crippen molar-refractivity contribution in [2.75, 3.05) is 12.0 Å². The first-order chi connectivity index (χ1) is 17.3. The zero-order valence-electron chi connectivity index (χ0n) is 20.4. The van der Waals surface area contributed by atoms with Crippen LogP contribution < -0.4 is 15.0 Å². The van der Waals surface area contributed by atoms with Crippen molar-refractivity contribution in [2.24, 2.45) is 0 Å². The van der Waals surface area contributed by atoms with E-state index in [4.69, 9.17) is 28.6 Å². The van der Waals surface area contributed by atoms with Gasteiger partial charge < -0.3 is 19.5 Å². The highest BCUT2D eigenvalue weighted by Gasteiger charge is 2.42. The van der Waals surface area contributed by atoms with E-state index in [2.05, 4.69) is 80.7 Å². The predicted molar refractivity (Wildman–Crippen MR) is 154 cm³/mol. The van der Waals surface area contributed by atoms with Crippen LogP contribution in [0.15, 0.2) is 71.3 Å². The SMILES string of the molecule is COc1ccc(Cl)cc1-n1c(C)cc([C@H]2[C@@H](c3ccccn3)NC(=S)N2c2ccc(Br)c(C)c2)c1C. The number of hydrogen-bond acceptors (Lipinski definition) is 3. The van der Waals surface area contributed by atoms with Crippen molar-refractivity contribution in [2.45, 2.75) is 32.9 Å². The summed E-state index contributed by atoms with van der Waals surface area (Å²) < 4.78 is 8.94. The van der Waals surface area contributed by atoms with Gasteiger partial charge in [0.2, 0.25) is 0 Å². The first-order valence-electron chi connectivity index (χ1n) is 11.6. The van der Waals surface area contributed by atoms with E-state index < -0.39 is 0 Å². The largest absolute Gasteiger partial charge is 0.495 e. The van der Waals surface area contributed by atoms with E-state index in [1.807, 2.05) is 42.6 Å². The van der Waals surface area contributed by atoms with Gasteiger partial charge in [-0.1, -0.05) is 33.6 Å². The molecule has 1 aliphatic heterocycles. The number of pyridine rings is 1. The zero-order valence-corrected chi connectivity index (χ0v) is 23.6. The molecule has 2 aromatic carbocycles. The third-order valence-corrected chi connectivity index (χ3v) is 8.13. The van der Waals surface area contributed by atoms with Crippen molar-refractivity contribution in [1.82, 2.24) is 14.9 Å². The number of nitrogens with one attached hydrogen (secondary N) is 1. The van der Waals surface area contributed by atoms with Crippen LogP contribution in [0.1, 0.15) is 40.3 Å². The summed E-state index contributed by atoms with van der Waals surface area (Å²) in [5.74, 6) is 0.759. The number of methoxy groups -OCH3 is 1. The average molecular weight is 582 g/mol. The molecule has 4 aromatic rings. The minimum Gasteiger partial charge on any atom is -0.495 e. The molecule has 2 aromatic heterocycles. The highest BCUT2D eigenvalue weighted by atomic mass is 79.9. The van der Waals surface area contributed by atoms with Gasteiger partial charge in [0.15, 0.2) is 5.11 Å². The van der Waals surface area contributed by atoms with Crippen LogP contribution in [-0.4, -0.2) is 21.8 Å². The molecule has 1 saturated heterocycles. The molecule has 0 aliphatic carbocycles. The van der Waals surface area contributed by atoms with E-state index in [-0.39, 0.29) is 12.1 Å². The first-order valence-corrected chi connectivity index (χ1v) is 13.2. The number of aromatic nitrogens is 2. The molecule has 5 rings (SSSR count). The molecular formula is C28H26BrClN4OS. The molecule has 2 atom stereocenters. The van der Waals surface area contributed by atoms with Gasteiger partial charge in [0.25, 0.3) is 0 Å². The fourth-order valence-electron chi connectivity index (χ4n) is 5.02. The summed E-state index contributed by atoms with van der Waals surface area (Å²) in [6.45, 7) is 6.31. The Bertz CT molecular complexity index is 1460. The van der Waals surface area contributed by atoms with E-state index in [9.17, 15) is 0 Å². The number of ether oxygens (including phenoxy) is 1. The van der Waals surface area contributed by atoms with Crippen LogP contribution in [0, 0.1) is 20.8 Å². The molecule has 0 bridgehead atoms. The standard InChI is InChI=1S/C28H26BrClN4OS/c1-16-13-20(9-10-22(16)29)34-27(26(32-28(34)36)23-7-5-6-12-31-23)21-14-17(2)33(18(21)3)24-15-19(30)8-11-25(24)35-4/h5-15,26-27H,1-4H3,(H,32,36)/t26-,27+/m1/s1. The van der Waals surface area contributed by atoms with E-state index in [0.29, 0.717) is 10.1 Å². The van der Waals surface area contributed by atoms with Crippen LogP contribution >= 0.6 is 39.7 Å². The molecule has 0 spiro atoms. The smallest absolute Gasteiger partial charge is 0.174 e. The molecule has 0 unspecified atom stereocenters. The molecule has 0 amide bonds. The monoisotopic (exact) mass is 580 g/mol. The summed E-state index contributed by atoms with van der Waals surface area (Å²) in [5.41, 5.74) is 7.33. The third-order valence-electron chi connectivity index (χ3n) is 6.69. The Morgan fingerprint density at radius 3 is 2.56 bits per heavy atom. The van der Waals surface area contributed by atoms with E-state index in [0.717, 1.165) is 49.8 Å². The van der Waals surface area contributed by atoms with Crippen LogP contribution in [0.2, 0.25) is 5.02 Å². The number of thiocarbonyl (C=S) groups is 1. The number of hydrogen-bond donors (Lipinski definition) is 1. The lowest BCUT2D eigenvalue weighted by atomic mass is 9.96. The van der Waals surface area contributed by atoms with Crippen LogP contribution in [0.4, 0.5) is 5.69 Å². The van der Waals surface area contributed by atoms with E-state index in [1.54, 1.807) is 7.11 Å². The molecule has 3 heterocycles. The Labute approximate surface area is 230 Å². The van der Waals surface area contributed by atoms with Gasteiger partial charge in [0.1, 0.15) is 5.75 Å². The zero-order chi connectivity index (χ0) is 25.6. The topological polar surface area (TPSA) is 42.3 Å². The molecule has 184 valence electrons. The van der Waals surface area contributed by atoms with Gasteiger partial charge in [-0.25, -0.2) is 0 Å². The summed E-state index contributed by atoms with van der Waals surface area (Å²) in [6.07, 6.45) is 1.82. The molecular weight excluding hydrogens is 556 g/mol. The fraction of sp³-hybridized carbons (Fsp3) is 0.214. The number of anilines is 1. The quantitative estimate of drug-likeness (QED) is 0.249. The maximum absolute atomic E-state index is 6.40. The van der Waals surface area contributed by atoms with Crippen molar-refractivity contribution in [3.05, 3.63) is 105 Å². The van der Waals surface area contributed by atoms with Crippen LogP contribution in [0.5, 0.6) is 5.75 Å². The summed E-state index contributed by atoms with van der Waals surface area (Å²) >= 11 is 15.9. The molecule has 8 heteroatoms. The molecule has 36 heavy (non-hydrogen) atoms. The van der Waals surface area contributed by atoms with Gasteiger partial charge in [-0.05, 0) is 98.7 Å². The normalized spacial score (nSPS) is 17.4. The van der Waals surface area contributed by atoms with Crippen molar-refractivity contribution in [1.29, 1.82) is 0 Å². The molecule has 1 N–H and O–H groups in total. The average Bonchev–Trinajstić information content (AvgIpc) is 3.36. The van der Waals surface area contributed by atoms with Gasteiger partial charge >= 0.3 is 0 Å². The number of halogens is 2. The molecule has 1 aliphatic rings. The lowest BCUT2D eigenvalue weighted by molar-refractivity contribution is 0.412. The number of nitrogens with zero attached hydrogens (tertiary/aromatic N) is 3. The minimum atomic E-state index is -0.127. The lowest BCUT2D eigenvalue weighted by Crippen LogP contribution is -2.29. The summed E-state index contributed by atoms with van der Waals surface area (Å²) in [5, 5.41) is 4.88.